The molecule has 5 aromatic carbocycles. The second kappa shape index (κ2) is 5.74. The van der Waals surface area contributed by atoms with Gasteiger partial charge >= 0.3 is 0 Å². The number of aromatic amines is 1. The third-order valence-corrected chi connectivity index (χ3v) is 6.36. The fraction of sp³-hybridized carbons (Fsp3) is 0. The van der Waals surface area contributed by atoms with E-state index in [1.54, 1.807) is 0 Å². The molecule has 0 bridgehead atoms. The van der Waals surface area contributed by atoms with Crippen molar-refractivity contribution in [2.45, 2.75) is 0 Å². The third kappa shape index (κ3) is 1.98. The SMILES string of the molecule is c1ccc(-n2ccc3c4[nH]c5c6ccccc6c6ccccc6c5c4ccc32)cc1. The molecule has 0 unspecified atom stereocenters. The molecular formula is C28H18N2. The molecule has 30 heavy (non-hydrogen) atoms. The van der Waals surface area contributed by atoms with Crippen LogP contribution in [-0.2, 0) is 0 Å². The van der Waals surface area contributed by atoms with E-state index in [1.807, 2.05) is 0 Å². The van der Waals surface area contributed by atoms with Gasteiger partial charge in [0.2, 0.25) is 0 Å². The fourth-order valence-corrected chi connectivity index (χ4v) is 5.05. The van der Waals surface area contributed by atoms with E-state index in [2.05, 4.69) is 113 Å². The van der Waals surface area contributed by atoms with Gasteiger partial charge in [0.25, 0.3) is 0 Å². The van der Waals surface area contributed by atoms with Gasteiger partial charge in [0.15, 0.2) is 0 Å². The molecule has 140 valence electrons. The van der Waals surface area contributed by atoms with Crippen LogP contribution in [0.15, 0.2) is 103 Å². The van der Waals surface area contributed by atoms with Crippen molar-refractivity contribution in [3.05, 3.63) is 103 Å². The summed E-state index contributed by atoms with van der Waals surface area (Å²) in [4.78, 5) is 3.81. The van der Waals surface area contributed by atoms with Crippen molar-refractivity contribution in [3.63, 3.8) is 0 Å². The summed E-state index contributed by atoms with van der Waals surface area (Å²) in [6.07, 6.45) is 2.17. The molecule has 2 heteroatoms. The Kier molecular flexibility index (Phi) is 3.03. The lowest BCUT2D eigenvalue weighted by molar-refractivity contribution is 1.13. The zero-order valence-electron chi connectivity index (χ0n) is 16.3. The van der Waals surface area contributed by atoms with Gasteiger partial charge in [-0.15, -0.1) is 0 Å². The Morgan fingerprint density at radius 3 is 1.93 bits per heavy atom. The Morgan fingerprint density at radius 2 is 1.13 bits per heavy atom. The normalized spacial score (nSPS) is 12.0. The van der Waals surface area contributed by atoms with Gasteiger partial charge in [-0.1, -0.05) is 72.8 Å². The number of fused-ring (bicyclic) bond motifs is 10. The summed E-state index contributed by atoms with van der Waals surface area (Å²) in [6, 6.07) is 34.7. The van der Waals surface area contributed by atoms with E-state index < -0.39 is 0 Å². The minimum atomic E-state index is 1.18. The zero-order valence-corrected chi connectivity index (χ0v) is 16.3. The molecule has 0 amide bonds. The molecule has 0 aliphatic rings. The van der Waals surface area contributed by atoms with E-state index in [1.165, 1.54) is 59.9 Å². The number of nitrogens with one attached hydrogen (secondary N) is 1. The van der Waals surface area contributed by atoms with Gasteiger partial charge in [-0.05, 0) is 40.4 Å². The van der Waals surface area contributed by atoms with Gasteiger partial charge in [-0.2, -0.15) is 0 Å². The lowest BCUT2D eigenvalue weighted by Crippen LogP contribution is -1.90. The highest BCUT2D eigenvalue weighted by molar-refractivity contribution is 6.33. The van der Waals surface area contributed by atoms with Gasteiger partial charge in [0.05, 0.1) is 16.6 Å². The van der Waals surface area contributed by atoms with Gasteiger partial charge in [-0.25, -0.2) is 0 Å². The van der Waals surface area contributed by atoms with E-state index in [-0.39, 0.29) is 0 Å². The third-order valence-electron chi connectivity index (χ3n) is 6.36. The molecule has 0 spiro atoms. The van der Waals surface area contributed by atoms with Crippen LogP contribution in [0.2, 0.25) is 0 Å². The summed E-state index contributed by atoms with van der Waals surface area (Å²) in [5.41, 5.74) is 4.82. The molecule has 7 aromatic rings. The minimum absolute atomic E-state index is 1.18. The molecular weight excluding hydrogens is 364 g/mol. The number of para-hydroxylation sites is 1. The average molecular weight is 382 g/mol. The van der Waals surface area contributed by atoms with Crippen molar-refractivity contribution in [1.82, 2.24) is 9.55 Å². The smallest absolute Gasteiger partial charge is 0.0560 e. The number of hydrogen-bond donors (Lipinski definition) is 1. The van der Waals surface area contributed by atoms with Crippen molar-refractivity contribution in [2.24, 2.45) is 0 Å². The summed E-state index contributed by atoms with van der Waals surface area (Å²) >= 11 is 0. The highest BCUT2D eigenvalue weighted by Crippen LogP contribution is 2.40. The molecule has 2 heterocycles. The van der Waals surface area contributed by atoms with Crippen LogP contribution in [0.1, 0.15) is 0 Å². The summed E-state index contributed by atoms with van der Waals surface area (Å²) in [6.45, 7) is 0. The standard InChI is InChI=1S/C28H18N2/c1-2-8-18(9-3-1)30-17-16-23-25(30)15-14-24-26-21-12-6-4-10-19(21)20-11-5-7-13-22(20)28(26)29-27(23)24/h1-17,29H. The molecule has 0 atom stereocenters. The van der Waals surface area contributed by atoms with Gasteiger partial charge in [0.1, 0.15) is 0 Å². The summed E-state index contributed by atoms with van der Waals surface area (Å²) in [5.74, 6) is 0. The Balaban J connectivity index is 1.69. The van der Waals surface area contributed by atoms with Crippen LogP contribution in [0.25, 0.3) is 59.9 Å². The van der Waals surface area contributed by atoms with E-state index in [9.17, 15) is 0 Å². The number of benzene rings is 5. The fourth-order valence-electron chi connectivity index (χ4n) is 5.05. The Morgan fingerprint density at radius 1 is 0.467 bits per heavy atom. The monoisotopic (exact) mass is 382 g/mol. The number of H-pyrrole nitrogens is 1. The molecule has 0 saturated carbocycles. The first kappa shape index (κ1) is 15.8. The Labute approximate surface area is 173 Å². The molecule has 0 fully saturated rings. The molecule has 2 aromatic heterocycles. The van der Waals surface area contributed by atoms with E-state index >= 15 is 0 Å². The quantitative estimate of drug-likeness (QED) is 0.283. The maximum Gasteiger partial charge on any atom is 0.0560 e. The second-order valence-electron chi connectivity index (χ2n) is 7.91. The van der Waals surface area contributed by atoms with Crippen molar-refractivity contribution in [2.75, 3.05) is 0 Å². The first-order chi connectivity index (χ1) is 14.9. The molecule has 1 N–H and O–H groups in total. The van der Waals surface area contributed by atoms with Crippen LogP contribution in [0.5, 0.6) is 0 Å². The van der Waals surface area contributed by atoms with Crippen LogP contribution in [0, 0.1) is 0 Å². The molecule has 7 rings (SSSR count). The van der Waals surface area contributed by atoms with E-state index in [0.29, 0.717) is 0 Å². The number of aromatic nitrogens is 2. The number of nitrogens with zero attached hydrogens (tertiary/aromatic N) is 1. The van der Waals surface area contributed by atoms with E-state index in [0.717, 1.165) is 0 Å². The lowest BCUT2D eigenvalue weighted by Gasteiger charge is -2.07. The highest BCUT2D eigenvalue weighted by atomic mass is 15.0. The maximum atomic E-state index is 3.81. The maximum absolute atomic E-state index is 3.81. The molecule has 2 nitrogen and oxygen atoms in total. The van der Waals surface area contributed by atoms with Gasteiger partial charge < -0.3 is 9.55 Å². The number of rotatable bonds is 1. The van der Waals surface area contributed by atoms with Crippen LogP contribution >= 0.6 is 0 Å². The topological polar surface area (TPSA) is 20.7 Å². The van der Waals surface area contributed by atoms with Crippen molar-refractivity contribution >= 4 is 54.3 Å². The van der Waals surface area contributed by atoms with Crippen LogP contribution in [0.3, 0.4) is 0 Å². The van der Waals surface area contributed by atoms with Crippen molar-refractivity contribution < 1.29 is 0 Å². The van der Waals surface area contributed by atoms with Crippen LogP contribution in [-0.4, -0.2) is 9.55 Å². The first-order valence-corrected chi connectivity index (χ1v) is 10.3. The second-order valence-corrected chi connectivity index (χ2v) is 7.91. The first-order valence-electron chi connectivity index (χ1n) is 10.3. The Hall–Kier alpha value is -4.04. The van der Waals surface area contributed by atoms with Crippen LogP contribution in [0.4, 0.5) is 0 Å². The van der Waals surface area contributed by atoms with Crippen molar-refractivity contribution in [1.29, 1.82) is 0 Å². The average Bonchev–Trinajstić information content (AvgIpc) is 3.42. The summed E-state index contributed by atoms with van der Waals surface area (Å²) in [7, 11) is 0. The van der Waals surface area contributed by atoms with E-state index in [4.69, 9.17) is 0 Å². The highest BCUT2D eigenvalue weighted by Gasteiger charge is 2.16. The summed E-state index contributed by atoms with van der Waals surface area (Å²) in [5, 5.41) is 9.03. The van der Waals surface area contributed by atoms with Gasteiger partial charge in [0, 0.05) is 33.4 Å². The predicted molar refractivity (Wildman–Crippen MR) is 128 cm³/mol. The largest absolute Gasteiger partial charge is 0.353 e. The number of hydrogen-bond acceptors (Lipinski definition) is 0. The summed E-state index contributed by atoms with van der Waals surface area (Å²) < 4.78 is 2.26. The Bertz CT molecular complexity index is 1730. The van der Waals surface area contributed by atoms with Crippen molar-refractivity contribution in [3.8, 4) is 5.69 Å². The van der Waals surface area contributed by atoms with Gasteiger partial charge in [-0.3, -0.25) is 0 Å². The van der Waals surface area contributed by atoms with Crippen LogP contribution < -0.4 is 0 Å². The predicted octanol–water partition coefficient (Wildman–Crippen LogP) is 7.57. The lowest BCUT2D eigenvalue weighted by atomic mass is 9.97. The zero-order chi connectivity index (χ0) is 19.7. The molecule has 0 aliphatic heterocycles. The molecule has 0 saturated heterocycles. The molecule has 0 aliphatic carbocycles. The molecule has 0 radical (unpaired) electrons. The minimum Gasteiger partial charge on any atom is -0.353 e.